The number of non-ortho nitro benzene ring substituents is 1. The van der Waals surface area contributed by atoms with Crippen LogP contribution in [-0.4, -0.2) is 42.4 Å². The zero-order valence-corrected chi connectivity index (χ0v) is 12.5. The zero-order chi connectivity index (χ0) is 16.0. The normalized spacial score (nSPS) is 10.1. The van der Waals surface area contributed by atoms with E-state index >= 15 is 0 Å². The molecule has 0 saturated carbocycles. The number of likely N-dealkylation sites (N-methyl/N-ethyl adjacent to an activating group) is 2. The monoisotopic (exact) mass is 295 g/mol. The van der Waals surface area contributed by atoms with Crippen molar-refractivity contribution in [2.45, 2.75) is 13.8 Å². The van der Waals surface area contributed by atoms with Crippen LogP contribution in [0.2, 0.25) is 0 Å². The number of nitrogens with zero attached hydrogens (tertiary/aromatic N) is 3. The first-order chi connectivity index (χ1) is 9.92. The molecule has 8 nitrogen and oxygen atoms in total. The number of amides is 1. The first-order valence-corrected chi connectivity index (χ1v) is 6.67. The first-order valence-electron chi connectivity index (χ1n) is 6.67. The van der Waals surface area contributed by atoms with E-state index < -0.39 is 4.92 Å². The number of carbonyl (C=O) groups is 1. The number of nitrogens with two attached hydrogens (primary N) is 1. The van der Waals surface area contributed by atoms with Gasteiger partial charge in [0.15, 0.2) is 0 Å². The largest absolute Gasteiger partial charge is 0.365 e. The van der Waals surface area contributed by atoms with Gasteiger partial charge in [-0.25, -0.2) is 0 Å². The van der Waals surface area contributed by atoms with Gasteiger partial charge in [0.25, 0.3) is 5.69 Å². The number of nitrogens with one attached hydrogen (secondary N) is 1. The summed E-state index contributed by atoms with van der Waals surface area (Å²) in [4.78, 5) is 25.9. The van der Waals surface area contributed by atoms with Crippen LogP contribution in [0.4, 0.5) is 17.1 Å². The fourth-order valence-electron chi connectivity index (χ4n) is 1.97. The Hall–Kier alpha value is -2.35. The minimum absolute atomic E-state index is 0.0312. The van der Waals surface area contributed by atoms with Crippen LogP contribution in [0, 0.1) is 10.1 Å². The van der Waals surface area contributed by atoms with Gasteiger partial charge in [0.1, 0.15) is 0 Å². The van der Waals surface area contributed by atoms with Crippen molar-refractivity contribution >= 4 is 23.0 Å². The molecule has 8 heteroatoms. The van der Waals surface area contributed by atoms with Crippen molar-refractivity contribution in [2.75, 3.05) is 37.0 Å². The van der Waals surface area contributed by atoms with Crippen LogP contribution in [0.25, 0.3) is 0 Å². The number of rotatable bonds is 7. The third kappa shape index (κ3) is 4.32. The predicted octanol–water partition coefficient (Wildman–Crippen LogP) is 1.18. The Bertz CT molecular complexity index is 517. The van der Waals surface area contributed by atoms with Gasteiger partial charge >= 0.3 is 0 Å². The van der Waals surface area contributed by atoms with Gasteiger partial charge in [-0.1, -0.05) is 0 Å². The molecular weight excluding hydrogens is 274 g/mol. The fraction of sp³-hybridized carbons (Fsp3) is 0.462. The molecule has 0 aromatic heterocycles. The van der Waals surface area contributed by atoms with E-state index in [1.807, 2.05) is 13.8 Å². The van der Waals surface area contributed by atoms with Crippen molar-refractivity contribution in [1.29, 1.82) is 0 Å². The number of nitro groups is 1. The summed E-state index contributed by atoms with van der Waals surface area (Å²) in [7, 11) is 1.71. The lowest BCUT2D eigenvalue weighted by Gasteiger charge is -2.24. The third-order valence-corrected chi connectivity index (χ3v) is 3.21. The lowest BCUT2D eigenvalue weighted by atomic mass is 10.2. The Morgan fingerprint density at radius 1 is 1.33 bits per heavy atom. The summed E-state index contributed by atoms with van der Waals surface area (Å²) in [5.74, 6) is 5.28. The lowest BCUT2D eigenvalue weighted by molar-refractivity contribution is -0.384. The van der Waals surface area contributed by atoms with Gasteiger partial charge in [-0.3, -0.25) is 20.8 Å². The highest BCUT2D eigenvalue weighted by molar-refractivity contribution is 5.82. The molecule has 0 aliphatic heterocycles. The highest BCUT2D eigenvalue weighted by Crippen LogP contribution is 2.25. The van der Waals surface area contributed by atoms with E-state index in [-0.39, 0.29) is 18.1 Å². The number of carbonyl (C=O) groups excluding carboxylic acids is 1. The molecule has 116 valence electrons. The fourth-order valence-corrected chi connectivity index (χ4v) is 1.97. The van der Waals surface area contributed by atoms with Gasteiger partial charge in [0.2, 0.25) is 5.91 Å². The summed E-state index contributed by atoms with van der Waals surface area (Å²) in [5, 5.41) is 10.9. The third-order valence-electron chi connectivity index (χ3n) is 3.21. The van der Waals surface area contributed by atoms with Crippen molar-refractivity contribution in [3.05, 3.63) is 28.3 Å². The number of hydrogen-bond donors (Lipinski definition) is 2. The standard InChI is InChI=1S/C13H21N5O3/c1-4-17(5-2)13(19)9-16(3)11-6-10(15-14)7-12(8-11)18(20)21/h6-8,15H,4-5,9,14H2,1-3H3. The molecule has 0 atom stereocenters. The van der Waals surface area contributed by atoms with E-state index in [2.05, 4.69) is 5.43 Å². The van der Waals surface area contributed by atoms with Gasteiger partial charge < -0.3 is 15.2 Å². The SMILES string of the molecule is CCN(CC)C(=O)CN(C)c1cc(NN)cc([N+](=O)[O-])c1. The summed E-state index contributed by atoms with van der Waals surface area (Å²) in [6, 6.07) is 4.41. The molecule has 0 fully saturated rings. The molecule has 0 aliphatic rings. The number of nitrogen functional groups attached to an aromatic ring is 1. The van der Waals surface area contributed by atoms with Gasteiger partial charge in [-0.05, 0) is 19.9 Å². The van der Waals surface area contributed by atoms with Gasteiger partial charge in [0.05, 0.1) is 17.2 Å². The maximum absolute atomic E-state index is 12.1. The Kier molecular flexibility index (Phi) is 5.92. The molecule has 0 spiro atoms. The summed E-state index contributed by atoms with van der Waals surface area (Å²) in [5.41, 5.74) is 3.28. The van der Waals surface area contributed by atoms with E-state index in [0.29, 0.717) is 24.5 Å². The van der Waals surface area contributed by atoms with Gasteiger partial charge in [-0.15, -0.1) is 0 Å². The van der Waals surface area contributed by atoms with Crippen molar-refractivity contribution < 1.29 is 9.72 Å². The highest BCUT2D eigenvalue weighted by Gasteiger charge is 2.16. The quantitative estimate of drug-likeness (QED) is 0.444. The first kappa shape index (κ1) is 16.7. The molecule has 21 heavy (non-hydrogen) atoms. The van der Waals surface area contributed by atoms with Gasteiger partial charge in [-0.2, -0.15) is 0 Å². The molecule has 0 heterocycles. The van der Waals surface area contributed by atoms with Crippen LogP contribution >= 0.6 is 0 Å². The summed E-state index contributed by atoms with van der Waals surface area (Å²) in [6.07, 6.45) is 0. The minimum Gasteiger partial charge on any atom is -0.365 e. The maximum atomic E-state index is 12.1. The molecule has 1 rings (SSSR count). The zero-order valence-electron chi connectivity index (χ0n) is 12.5. The number of hydrogen-bond acceptors (Lipinski definition) is 6. The van der Waals surface area contributed by atoms with Crippen molar-refractivity contribution in [2.24, 2.45) is 5.84 Å². The molecular formula is C13H21N5O3. The lowest BCUT2D eigenvalue weighted by Crippen LogP contribution is -2.38. The van der Waals surface area contributed by atoms with E-state index in [4.69, 9.17) is 5.84 Å². The van der Waals surface area contributed by atoms with Crippen LogP contribution in [0.3, 0.4) is 0 Å². The van der Waals surface area contributed by atoms with Crippen LogP contribution < -0.4 is 16.2 Å². The molecule has 0 aliphatic carbocycles. The van der Waals surface area contributed by atoms with Crippen LogP contribution in [0.5, 0.6) is 0 Å². The maximum Gasteiger partial charge on any atom is 0.273 e. The Morgan fingerprint density at radius 2 is 1.95 bits per heavy atom. The summed E-state index contributed by atoms with van der Waals surface area (Å²) < 4.78 is 0. The molecule has 0 unspecified atom stereocenters. The Balaban J connectivity index is 2.96. The van der Waals surface area contributed by atoms with E-state index in [1.54, 1.807) is 22.9 Å². The van der Waals surface area contributed by atoms with Crippen molar-refractivity contribution in [3.8, 4) is 0 Å². The molecule has 0 radical (unpaired) electrons. The minimum atomic E-state index is -0.496. The van der Waals surface area contributed by atoms with Crippen molar-refractivity contribution in [3.63, 3.8) is 0 Å². The molecule has 0 saturated heterocycles. The van der Waals surface area contributed by atoms with E-state index in [1.165, 1.54) is 12.1 Å². The van der Waals surface area contributed by atoms with Crippen molar-refractivity contribution in [1.82, 2.24) is 4.90 Å². The smallest absolute Gasteiger partial charge is 0.273 e. The number of nitro benzene ring substituents is 1. The van der Waals surface area contributed by atoms with Gasteiger partial charge in [0, 0.05) is 38.0 Å². The second-order valence-corrected chi connectivity index (χ2v) is 4.56. The molecule has 0 bridgehead atoms. The van der Waals surface area contributed by atoms with E-state index in [9.17, 15) is 14.9 Å². The second-order valence-electron chi connectivity index (χ2n) is 4.56. The average molecular weight is 295 g/mol. The second kappa shape index (κ2) is 7.44. The molecule has 3 N–H and O–H groups in total. The Morgan fingerprint density at radius 3 is 2.43 bits per heavy atom. The predicted molar refractivity (Wildman–Crippen MR) is 82.1 cm³/mol. The molecule has 1 aromatic rings. The van der Waals surface area contributed by atoms with E-state index in [0.717, 1.165) is 0 Å². The summed E-state index contributed by atoms with van der Waals surface area (Å²) in [6.45, 7) is 5.23. The molecule has 1 amide bonds. The van der Waals surface area contributed by atoms with Crippen LogP contribution in [-0.2, 0) is 4.79 Å². The van der Waals surface area contributed by atoms with Crippen LogP contribution in [0.15, 0.2) is 18.2 Å². The van der Waals surface area contributed by atoms with Crippen LogP contribution in [0.1, 0.15) is 13.8 Å². The molecule has 1 aromatic carbocycles. The number of benzene rings is 1. The number of hydrazine groups is 1. The number of anilines is 2. The highest BCUT2D eigenvalue weighted by atomic mass is 16.6. The Labute approximate surface area is 123 Å². The summed E-state index contributed by atoms with van der Waals surface area (Å²) >= 11 is 0. The topological polar surface area (TPSA) is 105 Å². The average Bonchev–Trinajstić information content (AvgIpc) is 2.47.